The number of halogens is 5. The number of nitrogens with one attached hydrogen (secondary N) is 2. The number of benzene rings is 2. The van der Waals surface area contributed by atoms with E-state index in [4.69, 9.17) is 0 Å². The largest absolute Gasteiger partial charge is 0.416 e. The molecule has 1 aliphatic heterocycles. The first-order valence-electron chi connectivity index (χ1n) is 14.5. The molecule has 5 rings (SSSR count). The highest BCUT2D eigenvalue weighted by Gasteiger charge is 2.60. The van der Waals surface area contributed by atoms with Crippen molar-refractivity contribution < 1.29 is 35.2 Å². The molecule has 1 amide bonds. The molecule has 1 saturated heterocycles. The van der Waals surface area contributed by atoms with Gasteiger partial charge >= 0.3 is 6.18 Å². The van der Waals surface area contributed by atoms with E-state index < -0.39 is 44.8 Å². The van der Waals surface area contributed by atoms with E-state index in [2.05, 4.69) is 21.5 Å². The van der Waals surface area contributed by atoms with Crippen molar-refractivity contribution in [1.29, 1.82) is 0 Å². The Morgan fingerprint density at radius 1 is 1.05 bits per heavy atom. The summed E-state index contributed by atoms with van der Waals surface area (Å²) in [6.07, 6.45) is 0.684. The Kier molecular flexibility index (Phi) is 8.65. The molecule has 0 radical (unpaired) electrons. The maximum atomic E-state index is 14.0. The van der Waals surface area contributed by atoms with E-state index in [0.29, 0.717) is 36.9 Å². The average Bonchev–Trinajstić information content (AvgIpc) is 3.62. The summed E-state index contributed by atoms with van der Waals surface area (Å²) in [7, 11) is -3.73. The van der Waals surface area contributed by atoms with Gasteiger partial charge in [0.15, 0.2) is 0 Å². The second-order valence-electron chi connectivity index (χ2n) is 12.3. The van der Waals surface area contributed by atoms with Gasteiger partial charge in [-0.25, -0.2) is 17.2 Å². The minimum absolute atomic E-state index is 0.0813. The molecule has 2 saturated carbocycles. The van der Waals surface area contributed by atoms with Crippen molar-refractivity contribution in [3.63, 3.8) is 0 Å². The van der Waals surface area contributed by atoms with Gasteiger partial charge in [-0.05, 0) is 105 Å². The monoisotopic (exact) mass is 625 g/mol. The van der Waals surface area contributed by atoms with E-state index in [1.807, 2.05) is 12.1 Å². The Morgan fingerprint density at radius 3 is 2.35 bits per heavy atom. The number of hydrogen-bond donors (Lipinski definition) is 2. The number of carbonyl (C=O) groups excluding carboxylic acids is 1. The lowest BCUT2D eigenvalue weighted by Gasteiger charge is -2.38. The third kappa shape index (κ3) is 7.22. The first-order chi connectivity index (χ1) is 20.1. The Hall–Kier alpha value is -2.99. The predicted octanol–water partition coefficient (Wildman–Crippen LogP) is 5.72. The fourth-order valence-electron chi connectivity index (χ4n) is 7.18. The van der Waals surface area contributed by atoms with E-state index in [9.17, 15) is 35.2 Å². The van der Waals surface area contributed by atoms with Gasteiger partial charge in [-0.15, -0.1) is 0 Å². The van der Waals surface area contributed by atoms with Crippen LogP contribution in [-0.4, -0.2) is 44.6 Å². The zero-order valence-electron chi connectivity index (χ0n) is 23.9. The van der Waals surface area contributed by atoms with Crippen molar-refractivity contribution in [3.8, 4) is 0 Å². The van der Waals surface area contributed by atoms with Crippen LogP contribution in [0, 0.1) is 28.9 Å². The molecule has 4 unspecified atom stereocenters. The minimum atomic E-state index is -4.69. The van der Waals surface area contributed by atoms with Gasteiger partial charge in [0.25, 0.3) is 0 Å². The number of rotatable bonds is 9. The maximum absolute atomic E-state index is 14.0. The van der Waals surface area contributed by atoms with Gasteiger partial charge in [0.1, 0.15) is 11.6 Å². The summed E-state index contributed by atoms with van der Waals surface area (Å²) in [5, 5.41) is 3.15. The first kappa shape index (κ1) is 31.4. The lowest BCUT2D eigenvalue weighted by atomic mass is 9.76. The highest BCUT2D eigenvalue weighted by molar-refractivity contribution is 7.89. The third-order valence-electron chi connectivity index (χ3n) is 9.43. The van der Waals surface area contributed by atoms with E-state index in [1.165, 1.54) is 12.1 Å². The van der Waals surface area contributed by atoms with E-state index in [0.717, 1.165) is 56.3 Å². The van der Waals surface area contributed by atoms with Crippen LogP contribution in [0.1, 0.15) is 61.1 Å². The summed E-state index contributed by atoms with van der Waals surface area (Å²) in [4.78, 5) is 15.2. The van der Waals surface area contributed by atoms with Gasteiger partial charge in [0, 0.05) is 29.6 Å². The van der Waals surface area contributed by atoms with E-state index in [-0.39, 0.29) is 29.9 Å². The average molecular weight is 626 g/mol. The Labute approximate surface area is 248 Å². The Morgan fingerprint density at radius 2 is 1.72 bits per heavy atom. The number of likely N-dealkylation sites (tertiary alicyclic amines) is 1. The van der Waals surface area contributed by atoms with Gasteiger partial charge in [0.05, 0.1) is 11.8 Å². The molecule has 2 aliphatic carbocycles. The zero-order valence-corrected chi connectivity index (χ0v) is 24.7. The number of sulfonamides is 1. The van der Waals surface area contributed by atoms with Crippen LogP contribution in [0.4, 0.5) is 22.0 Å². The van der Waals surface area contributed by atoms with Crippen LogP contribution < -0.4 is 10.0 Å². The van der Waals surface area contributed by atoms with Gasteiger partial charge in [-0.3, -0.25) is 9.52 Å². The lowest BCUT2D eigenvalue weighted by molar-refractivity contribution is -0.137. The standard InChI is InChI=1S/C31H36F5N3O3S/c1-19(37-18-20-13-23(31(34,35)36)15-25(33)14-20)30(28-16-27(28)29(40)38-43(2,41)42)10-7-26(17-30)39-11-8-22(9-12-39)21-3-5-24(32)6-4-21/h3-6,13-15,22,26-28,37H,1,7-12,16-18H2,2H3,(H,38,40). The smallest absolute Gasteiger partial charge is 0.384 e. The summed E-state index contributed by atoms with van der Waals surface area (Å²) in [5.74, 6) is -2.20. The van der Waals surface area contributed by atoms with Crippen LogP contribution in [-0.2, 0) is 27.5 Å². The number of alkyl halides is 3. The number of amides is 1. The normalized spacial score (nSPS) is 26.7. The quantitative estimate of drug-likeness (QED) is 0.349. The van der Waals surface area contributed by atoms with Crippen LogP contribution in [0.3, 0.4) is 0 Å². The minimum Gasteiger partial charge on any atom is -0.384 e. The molecule has 0 aromatic heterocycles. The van der Waals surface area contributed by atoms with Crippen LogP contribution in [0.2, 0.25) is 0 Å². The molecule has 2 N–H and O–H groups in total. The van der Waals surface area contributed by atoms with Gasteiger partial charge in [-0.1, -0.05) is 18.7 Å². The molecule has 12 heteroatoms. The predicted molar refractivity (Wildman–Crippen MR) is 152 cm³/mol. The van der Waals surface area contributed by atoms with Gasteiger partial charge in [-0.2, -0.15) is 13.2 Å². The van der Waals surface area contributed by atoms with E-state index >= 15 is 0 Å². The SMILES string of the molecule is C=C(NCc1cc(F)cc(C(F)(F)F)c1)C1(C2CC2C(=O)NS(C)(=O)=O)CCC(N2CCC(c3ccc(F)cc3)CC2)C1. The van der Waals surface area contributed by atoms with E-state index in [1.54, 1.807) is 0 Å². The van der Waals surface area contributed by atoms with Crippen molar-refractivity contribution >= 4 is 15.9 Å². The van der Waals surface area contributed by atoms with Crippen molar-refractivity contribution in [3.05, 3.63) is 83.1 Å². The van der Waals surface area contributed by atoms with Crippen LogP contribution in [0.25, 0.3) is 0 Å². The molecule has 3 aliphatic rings. The number of piperidine rings is 1. The van der Waals surface area contributed by atoms with Gasteiger partial charge in [0.2, 0.25) is 15.9 Å². The summed E-state index contributed by atoms with van der Waals surface area (Å²) >= 11 is 0. The molecule has 0 spiro atoms. The van der Waals surface area contributed by atoms with Crippen molar-refractivity contribution in [2.24, 2.45) is 17.3 Å². The zero-order chi connectivity index (χ0) is 31.2. The fraction of sp³-hybridized carbons (Fsp3) is 0.516. The topological polar surface area (TPSA) is 78.5 Å². The fourth-order valence-corrected chi connectivity index (χ4v) is 7.70. The van der Waals surface area contributed by atoms with Gasteiger partial charge < -0.3 is 10.2 Å². The summed E-state index contributed by atoms with van der Waals surface area (Å²) in [6, 6.07) is 9.20. The van der Waals surface area contributed by atoms with Crippen LogP contribution >= 0.6 is 0 Å². The third-order valence-corrected chi connectivity index (χ3v) is 10.00. The molecule has 6 nitrogen and oxygen atoms in total. The highest BCUT2D eigenvalue weighted by atomic mass is 32.2. The number of allylic oxidation sites excluding steroid dienone is 1. The van der Waals surface area contributed by atoms with Crippen LogP contribution in [0.15, 0.2) is 54.7 Å². The Balaban J connectivity index is 1.30. The second kappa shape index (κ2) is 11.8. The van der Waals surface area contributed by atoms with Crippen LogP contribution in [0.5, 0.6) is 0 Å². The lowest BCUT2D eigenvalue weighted by Crippen LogP contribution is -2.41. The summed E-state index contributed by atoms with van der Waals surface area (Å²) < 4.78 is 92.7. The molecule has 3 fully saturated rings. The first-order valence-corrected chi connectivity index (χ1v) is 16.3. The molecule has 43 heavy (non-hydrogen) atoms. The van der Waals surface area contributed by atoms with Crippen molar-refractivity contribution in [2.45, 2.75) is 63.2 Å². The molecule has 2 aromatic rings. The maximum Gasteiger partial charge on any atom is 0.416 e. The molecular formula is C31H36F5N3O3S. The molecular weight excluding hydrogens is 589 g/mol. The number of hydrogen-bond acceptors (Lipinski definition) is 5. The summed E-state index contributed by atoms with van der Waals surface area (Å²) in [5.41, 5.74) is 0.132. The van der Waals surface area contributed by atoms with Crippen molar-refractivity contribution in [1.82, 2.24) is 14.9 Å². The highest BCUT2D eigenvalue weighted by Crippen LogP contribution is 2.62. The number of nitrogens with zero attached hydrogens (tertiary/aromatic N) is 1. The second-order valence-corrected chi connectivity index (χ2v) is 14.0. The molecule has 4 atom stereocenters. The molecule has 2 aromatic carbocycles. The summed E-state index contributed by atoms with van der Waals surface area (Å²) in [6.45, 7) is 5.86. The molecule has 1 heterocycles. The molecule has 0 bridgehead atoms. The number of carbonyl (C=O) groups is 1. The Bertz CT molecular complexity index is 1470. The van der Waals surface area contributed by atoms with Crippen molar-refractivity contribution in [2.75, 3.05) is 19.3 Å². The molecule has 234 valence electrons.